The molecule has 21 heavy (non-hydrogen) atoms. The first kappa shape index (κ1) is 16.9. The lowest BCUT2D eigenvalue weighted by atomic mass is 10.1. The maximum atomic E-state index is 11.0. The highest BCUT2D eigenvalue weighted by molar-refractivity contribution is 5.62. The molecule has 0 bridgehead atoms. The van der Waals surface area contributed by atoms with Crippen LogP contribution in [0, 0.1) is 27.4 Å². The van der Waals surface area contributed by atoms with Gasteiger partial charge in [0.25, 0.3) is 5.69 Å². The van der Waals surface area contributed by atoms with Crippen LogP contribution < -0.4 is 5.32 Å². The summed E-state index contributed by atoms with van der Waals surface area (Å²) in [5.74, 6) is -0.0364. The van der Waals surface area contributed by atoms with E-state index in [1.165, 1.54) is 6.07 Å². The van der Waals surface area contributed by atoms with Gasteiger partial charge in [-0.2, -0.15) is 5.26 Å². The second-order valence-corrected chi connectivity index (χ2v) is 5.26. The van der Waals surface area contributed by atoms with Crippen LogP contribution in [0.15, 0.2) is 18.2 Å². The summed E-state index contributed by atoms with van der Waals surface area (Å²) in [6.45, 7) is 5.92. The van der Waals surface area contributed by atoms with Crippen LogP contribution in [0.25, 0.3) is 0 Å². The quantitative estimate of drug-likeness (QED) is 0.588. The number of nitrogens with one attached hydrogen (secondary N) is 1. The molecule has 1 aromatic carbocycles. The molecule has 0 saturated carbocycles. The Morgan fingerprint density at radius 2 is 2.24 bits per heavy atom. The highest BCUT2D eigenvalue weighted by Gasteiger charge is 2.14. The molecule has 6 heteroatoms. The summed E-state index contributed by atoms with van der Waals surface area (Å²) >= 11 is 0. The van der Waals surface area contributed by atoms with Gasteiger partial charge in [0.15, 0.2) is 0 Å². The van der Waals surface area contributed by atoms with Crippen LogP contribution in [-0.2, 0) is 6.54 Å². The van der Waals surface area contributed by atoms with Crippen molar-refractivity contribution in [3.05, 3.63) is 33.9 Å². The molecule has 0 aliphatic carbocycles. The lowest BCUT2D eigenvalue weighted by Gasteiger charge is -2.18. The Kier molecular flexibility index (Phi) is 6.63. The van der Waals surface area contributed by atoms with Gasteiger partial charge in [0.1, 0.15) is 5.69 Å². The minimum Gasteiger partial charge on any atom is -0.379 e. The van der Waals surface area contributed by atoms with Crippen molar-refractivity contribution in [1.29, 1.82) is 5.26 Å². The third-order valence-electron chi connectivity index (χ3n) is 3.08. The molecule has 6 nitrogen and oxygen atoms in total. The summed E-state index contributed by atoms with van der Waals surface area (Å²) in [7, 11) is 1.94. The van der Waals surface area contributed by atoms with E-state index in [4.69, 9.17) is 5.26 Å². The van der Waals surface area contributed by atoms with E-state index in [-0.39, 0.29) is 16.5 Å². The fraction of sp³-hybridized carbons (Fsp3) is 0.533. The van der Waals surface area contributed by atoms with Crippen LogP contribution >= 0.6 is 0 Å². The Bertz CT molecular complexity index is 525. The molecule has 0 aromatic heterocycles. The van der Waals surface area contributed by atoms with E-state index in [1.807, 2.05) is 31.9 Å². The molecule has 1 aromatic rings. The van der Waals surface area contributed by atoms with Gasteiger partial charge in [0, 0.05) is 25.7 Å². The summed E-state index contributed by atoms with van der Waals surface area (Å²) in [6.07, 6.45) is 0.904. The summed E-state index contributed by atoms with van der Waals surface area (Å²) in [6, 6.07) is 7.33. The van der Waals surface area contributed by atoms with Crippen molar-refractivity contribution >= 4 is 11.4 Å². The van der Waals surface area contributed by atoms with Crippen molar-refractivity contribution in [2.24, 2.45) is 5.92 Å². The van der Waals surface area contributed by atoms with Gasteiger partial charge in [-0.1, -0.05) is 13.0 Å². The lowest BCUT2D eigenvalue weighted by molar-refractivity contribution is -0.384. The van der Waals surface area contributed by atoms with Gasteiger partial charge in [-0.25, -0.2) is 0 Å². The van der Waals surface area contributed by atoms with E-state index >= 15 is 0 Å². The molecular formula is C15H22N4O2. The van der Waals surface area contributed by atoms with Crippen LogP contribution in [0.3, 0.4) is 0 Å². The average Bonchev–Trinajstić information content (AvgIpc) is 2.44. The number of nitro groups is 1. The molecular weight excluding hydrogens is 268 g/mol. The van der Waals surface area contributed by atoms with Crippen molar-refractivity contribution in [2.45, 2.75) is 26.8 Å². The summed E-state index contributed by atoms with van der Waals surface area (Å²) in [5, 5.41) is 22.9. The van der Waals surface area contributed by atoms with E-state index in [9.17, 15) is 10.1 Å². The Balaban J connectivity index is 2.84. The maximum Gasteiger partial charge on any atom is 0.292 e. The van der Waals surface area contributed by atoms with Gasteiger partial charge in [0.2, 0.25) is 0 Å². The zero-order chi connectivity index (χ0) is 15.8. The van der Waals surface area contributed by atoms with Crippen molar-refractivity contribution in [1.82, 2.24) is 4.90 Å². The average molecular weight is 290 g/mol. The first-order valence-corrected chi connectivity index (χ1v) is 7.07. The molecule has 0 aliphatic heterocycles. The van der Waals surface area contributed by atoms with Crippen LogP contribution in [-0.4, -0.2) is 30.0 Å². The maximum absolute atomic E-state index is 11.0. The summed E-state index contributed by atoms with van der Waals surface area (Å²) < 4.78 is 0. The Morgan fingerprint density at radius 3 is 2.81 bits per heavy atom. The zero-order valence-electron chi connectivity index (χ0n) is 12.8. The molecule has 0 spiro atoms. The van der Waals surface area contributed by atoms with Crippen molar-refractivity contribution < 1.29 is 4.92 Å². The Hall–Kier alpha value is -2.13. The van der Waals surface area contributed by atoms with Crippen molar-refractivity contribution in [3.63, 3.8) is 0 Å². The van der Waals surface area contributed by atoms with Crippen LogP contribution in [0.2, 0.25) is 0 Å². The number of anilines is 1. The smallest absolute Gasteiger partial charge is 0.292 e. The van der Waals surface area contributed by atoms with Crippen LogP contribution in [0.5, 0.6) is 0 Å². The standard InChI is InChI=1S/C15H22N4O2/c1-4-7-17-14-8-13(5-6-15(14)19(20)21)11-18(3)10-12(2)9-16/h5-6,8,12,17H,4,7,10-11H2,1-3H3. The number of nitrogens with zero attached hydrogens (tertiary/aromatic N) is 3. The molecule has 0 heterocycles. The molecule has 114 valence electrons. The molecule has 0 saturated heterocycles. The SMILES string of the molecule is CCCNc1cc(CN(C)CC(C)C#N)ccc1[N+](=O)[O-]. The number of hydrogen-bond donors (Lipinski definition) is 1. The zero-order valence-corrected chi connectivity index (χ0v) is 12.8. The van der Waals surface area contributed by atoms with Gasteiger partial charge >= 0.3 is 0 Å². The molecule has 1 rings (SSSR count). The minimum absolute atomic E-state index is 0.0364. The predicted octanol–water partition coefficient (Wildman–Crippen LogP) is 3.01. The lowest BCUT2D eigenvalue weighted by Crippen LogP contribution is -2.23. The van der Waals surface area contributed by atoms with Gasteiger partial charge in [-0.05, 0) is 32.0 Å². The van der Waals surface area contributed by atoms with Crippen LogP contribution in [0.4, 0.5) is 11.4 Å². The van der Waals surface area contributed by atoms with Crippen molar-refractivity contribution in [2.75, 3.05) is 25.5 Å². The third kappa shape index (κ3) is 5.40. The predicted molar refractivity (Wildman–Crippen MR) is 83.0 cm³/mol. The number of rotatable bonds is 8. The fourth-order valence-electron chi connectivity index (χ4n) is 2.13. The Morgan fingerprint density at radius 1 is 1.52 bits per heavy atom. The second-order valence-electron chi connectivity index (χ2n) is 5.26. The van der Waals surface area contributed by atoms with E-state index in [0.29, 0.717) is 25.3 Å². The highest BCUT2D eigenvalue weighted by Crippen LogP contribution is 2.26. The minimum atomic E-state index is -0.372. The summed E-state index contributed by atoms with van der Waals surface area (Å²) in [4.78, 5) is 12.7. The van der Waals surface area contributed by atoms with E-state index in [2.05, 4.69) is 11.4 Å². The topological polar surface area (TPSA) is 82.2 Å². The highest BCUT2D eigenvalue weighted by atomic mass is 16.6. The number of benzene rings is 1. The first-order valence-electron chi connectivity index (χ1n) is 7.07. The van der Waals surface area contributed by atoms with Gasteiger partial charge in [0.05, 0.1) is 16.9 Å². The fourth-order valence-corrected chi connectivity index (χ4v) is 2.13. The molecule has 1 N–H and O–H groups in total. The van der Waals surface area contributed by atoms with E-state index in [1.54, 1.807) is 6.07 Å². The Labute approximate surface area is 125 Å². The van der Waals surface area contributed by atoms with Crippen molar-refractivity contribution in [3.8, 4) is 6.07 Å². The number of nitriles is 1. The molecule has 0 fully saturated rings. The van der Waals surface area contributed by atoms with Gasteiger partial charge in [-0.3, -0.25) is 10.1 Å². The number of hydrogen-bond acceptors (Lipinski definition) is 5. The van der Waals surface area contributed by atoms with E-state index in [0.717, 1.165) is 12.0 Å². The normalized spacial score (nSPS) is 12.0. The molecule has 0 amide bonds. The van der Waals surface area contributed by atoms with E-state index < -0.39 is 0 Å². The largest absolute Gasteiger partial charge is 0.379 e. The molecule has 0 radical (unpaired) electrons. The van der Waals surface area contributed by atoms with Crippen LogP contribution in [0.1, 0.15) is 25.8 Å². The third-order valence-corrected chi connectivity index (χ3v) is 3.08. The monoisotopic (exact) mass is 290 g/mol. The summed E-state index contributed by atoms with van der Waals surface area (Å²) in [5.41, 5.74) is 1.65. The first-order chi connectivity index (χ1) is 9.97. The molecule has 1 atom stereocenters. The molecule has 0 aliphatic rings. The van der Waals surface area contributed by atoms with Gasteiger partial charge < -0.3 is 10.2 Å². The van der Waals surface area contributed by atoms with Gasteiger partial charge in [-0.15, -0.1) is 0 Å². The number of nitro benzene ring substituents is 1. The second kappa shape index (κ2) is 8.22. The molecule has 1 unspecified atom stereocenters.